The summed E-state index contributed by atoms with van der Waals surface area (Å²) >= 11 is 0. The number of aliphatic hydroxyl groups excluding tert-OH is 4. The lowest BCUT2D eigenvalue weighted by atomic mass is 9.51. The van der Waals surface area contributed by atoms with Crippen LogP contribution in [0.4, 0.5) is 0 Å². The largest absolute Gasteiger partial charge is 0.396 e. The van der Waals surface area contributed by atoms with Crippen LogP contribution in [-0.2, 0) is 28.8 Å². The van der Waals surface area contributed by atoms with Crippen LogP contribution in [0.1, 0.15) is 102 Å². The van der Waals surface area contributed by atoms with E-state index in [9.17, 15) is 30.3 Å². The highest BCUT2D eigenvalue weighted by molar-refractivity contribution is 5.74. The Labute approximate surface area is 371 Å². The van der Waals surface area contributed by atoms with Crippen LogP contribution < -0.4 is 10.6 Å². The molecule has 3 aliphatic rings. The van der Waals surface area contributed by atoms with Gasteiger partial charge < -0.3 is 35.6 Å². The van der Waals surface area contributed by atoms with Gasteiger partial charge in [-0.3, -0.25) is 10.1 Å². The third kappa shape index (κ3) is 11.8. The van der Waals surface area contributed by atoms with Crippen molar-refractivity contribution in [3.63, 3.8) is 0 Å². The summed E-state index contributed by atoms with van der Waals surface area (Å²) in [6.07, 6.45) is 13.8. The van der Waals surface area contributed by atoms with Gasteiger partial charge in [0.15, 0.2) is 0 Å². The first-order chi connectivity index (χ1) is 29.7. The molecule has 340 valence electrons. The molecule has 5 rings (SSSR count). The maximum absolute atomic E-state index is 12.9. The predicted molar refractivity (Wildman–Crippen MR) is 249 cm³/mol. The van der Waals surface area contributed by atoms with Gasteiger partial charge in [0, 0.05) is 37.2 Å². The second kappa shape index (κ2) is 22.9. The van der Waals surface area contributed by atoms with E-state index < -0.39 is 35.4 Å². The molecule has 2 aromatic rings. The zero-order valence-corrected chi connectivity index (χ0v) is 38.1. The van der Waals surface area contributed by atoms with Crippen LogP contribution in [-0.4, -0.2) is 95.3 Å². The Balaban J connectivity index is 1.51. The van der Waals surface area contributed by atoms with Gasteiger partial charge in [-0.25, -0.2) is 0 Å². The smallest absolute Gasteiger partial charge is 0.145 e. The van der Waals surface area contributed by atoms with Gasteiger partial charge in [-0.15, -0.1) is 0 Å². The van der Waals surface area contributed by atoms with Gasteiger partial charge in [-0.05, 0) is 163 Å². The molecule has 1 spiro atoms. The van der Waals surface area contributed by atoms with Gasteiger partial charge in [0.25, 0.3) is 0 Å². The Morgan fingerprint density at radius 1 is 1.10 bits per heavy atom. The SMILES string of the molecule is C=C(C=CC=C([C@H](O)CCc1ccccc1)[C@H]1CC[C@]2([C@@H]1O)[C@@H](CCCO)C(=C(C)C=O)CC[C@]2(O)CCNC)[C@H]1CC=C(C)[C@@H](O)N[C@@](C)(CCOC)Cc2cccc(c2)C1. The zero-order valence-electron chi connectivity index (χ0n) is 38.1. The van der Waals surface area contributed by atoms with Crippen LogP contribution in [0.25, 0.3) is 0 Å². The Hall–Kier alpha value is -3.51. The number of hydrogen-bond donors (Lipinski definition) is 7. The molecular formula is C53H76N2O7. The summed E-state index contributed by atoms with van der Waals surface area (Å²) in [5.41, 5.74) is 5.01. The number of rotatable bonds is 18. The fourth-order valence-electron chi connectivity index (χ4n) is 11.0. The highest BCUT2D eigenvalue weighted by Crippen LogP contribution is 2.64. The molecule has 2 saturated carbocycles. The number of allylic oxidation sites excluding steroid dienone is 7. The molecule has 1 aliphatic heterocycles. The molecule has 9 atom stereocenters. The molecule has 2 aromatic carbocycles. The number of carbonyl (C=O) groups excluding carboxylic acids is 1. The lowest BCUT2D eigenvalue weighted by molar-refractivity contribution is -0.181. The van der Waals surface area contributed by atoms with Crippen molar-refractivity contribution in [3.8, 4) is 0 Å². The summed E-state index contributed by atoms with van der Waals surface area (Å²) in [6.45, 7) is 11.6. The highest BCUT2D eigenvalue weighted by Gasteiger charge is 2.65. The van der Waals surface area contributed by atoms with E-state index in [0.717, 1.165) is 53.4 Å². The first kappa shape index (κ1) is 49.5. The van der Waals surface area contributed by atoms with Crippen LogP contribution in [0.2, 0.25) is 0 Å². The van der Waals surface area contributed by atoms with E-state index in [-0.39, 0.29) is 24.0 Å². The number of carbonyl (C=O) groups is 1. The third-order valence-electron chi connectivity index (χ3n) is 14.7. The fourth-order valence-corrected chi connectivity index (χ4v) is 11.0. The van der Waals surface area contributed by atoms with Gasteiger partial charge in [0.05, 0.1) is 17.8 Å². The minimum absolute atomic E-state index is 0.0277. The molecule has 7 N–H and O–H groups in total. The van der Waals surface area contributed by atoms with Gasteiger partial charge in [-0.1, -0.05) is 96.6 Å². The lowest BCUT2D eigenvalue weighted by Crippen LogP contribution is -2.61. The van der Waals surface area contributed by atoms with Crippen molar-refractivity contribution in [1.82, 2.24) is 10.6 Å². The van der Waals surface area contributed by atoms with Crippen molar-refractivity contribution in [1.29, 1.82) is 0 Å². The van der Waals surface area contributed by atoms with Crippen molar-refractivity contribution in [2.24, 2.45) is 23.2 Å². The zero-order chi connectivity index (χ0) is 44.9. The molecule has 0 saturated heterocycles. The maximum atomic E-state index is 12.9. The summed E-state index contributed by atoms with van der Waals surface area (Å²) in [6, 6.07) is 18.8. The average molecular weight is 853 g/mol. The minimum Gasteiger partial charge on any atom is -0.396 e. The van der Waals surface area contributed by atoms with E-state index in [1.165, 1.54) is 11.1 Å². The maximum Gasteiger partial charge on any atom is 0.145 e. The van der Waals surface area contributed by atoms with Crippen molar-refractivity contribution in [2.45, 2.75) is 134 Å². The summed E-state index contributed by atoms with van der Waals surface area (Å²) < 4.78 is 5.43. The first-order valence-electron chi connectivity index (χ1n) is 23.0. The Bertz CT molecular complexity index is 1910. The van der Waals surface area contributed by atoms with Crippen LogP contribution >= 0.6 is 0 Å². The van der Waals surface area contributed by atoms with Gasteiger partial charge in [-0.2, -0.15) is 0 Å². The molecule has 0 radical (unpaired) electrons. The molecule has 2 fully saturated rings. The van der Waals surface area contributed by atoms with Crippen LogP contribution in [0, 0.1) is 23.2 Å². The van der Waals surface area contributed by atoms with Gasteiger partial charge in [0.1, 0.15) is 12.5 Å². The standard InChI is InChI=1S/C53H76N2O7/c1-37(43-22-20-38(2)50(60)55-51(4,29-32-62-6)35-42-17-11-16-41(33-42)34-43)13-10-18-45(48(58)23-21-40-14-8-7-9-15-40)46-25-27-53(49(46)59)47(19-12-31-56)44(39(3)36-57)24-26-52(53,61)28-30-54-5/h7-11,13-18,20,33,36,43,46-50,54-56,58-61H,1,12,19,21-32,34-35H2,2-6H3/t43-,46+,47-,48+,49+,50+,51-,52-,53+/m0/s1. The molecule has 2 aliphatic carbocycles. The number of aliphatic hydroxyl groups is 5. The van der Waals surface area contributed by atoms with E-state index in [1.807, 2.05) is 57.3 Å². The molecule has 9 nitrogen and oxygen atoms in total. The monoisotopic (exact) mass is 853 g/mol. The van der Waals surface area contributed by atoms with Crippen LogP contribution in [0.3, 0.4) is 0 Å². The normalized spacial score (nSPS) is 31.0. The summed E-state index contributed by atoms with van der Waals surface area (Å²) in [7, 11) is 3.56. The Morgan fingerprint density at radius 3 is 2.56 bits per heavy atom. The van der Waals surface area contributed by atoms with E-state index in [1.54, 1.807) is 7.11 Å². The van der Waals surface area contributed by atoms with Crippen LogP contribution in [0.5, 0.6) is 0 Å². The molecule has 62 heavy (non-hydrogen) atoms. The van der Waals surface area contributed by atoms with E-state index >= 15 is 0 Å². The number of methoxy groups -OCH3 is 1. The lowest BCUT2D eigenvalue weighted by Gasteiger charge is -2.57. The number of hydrogen-bond acceptors (Lipinski definition) is 9. The highest BCUT2D eigenvalue weighted by atomic mass is 16.5. The average Bonchev–Trinajstić information content (AvgIpc) is 3.61. The molecule has 0 amide bonds. The van der Waals surface area contributed by atoms with Gasteiger partial charge in [0.2, 0.25) is 0 Å². The predicted octanol–water partition coefficient (Wildman–Crippen LogP) is 7.27. The number of aryl methyl sites for hydroxylation is 1. The summed E-state index contributed by atoms with van der Waals surface area (Å²) in [5, 5.41) is 65.9. The minimum atomic E-state index is -1.23. The molecule has 2 bridgehead atoms. The molecular weight excluding hydrogens is 777 g/mol. The van der Waals surface area contributed by atoms with Crippen molar-refractivity contribution in [2.75, 3.05) is 33.9 Å². The quantitative estimate of drug-likeness (QED) is 0.0356. The van der Waals surface area contributed by atoms with E-state index in [2.05, 4.69) is 66.6 Å². The molecule has 0 aromatic heterocycles. The first-order valence-corrected chi connectivity index (χ1v) is 23.0. The van der Waals surface area contributed by atoms with E-state index in [4.69, 9.17) is 4.74 Å². The summed E-state index contributed by atoms with van der Waals surface area (Å²) in [4.78, 5) is 12.3. The molecule has 0 unspecified atom stereocenters. The van der Waals surface area contributed by atoms with E-state index in [0.29, 0.717) is 82.9 Å². The third-order valence-corrected chi connectivity index (χ3v) is 14.7. The van der Waals surface area contributed by atoms with Crippen molar-refractivity contribution >= 4 is 6.29 Å². The number of fused-ring (bicyclic) bond motifs is 2. The molecule has 1 heterocycles. The summed E-state index contributed by atoms with van der Waals surface area (Å²) in [5.74, 6) is -0.728. The van der Waals surface area contributed by atoms with Crippen LogP contribution in [0.15, 0.2) is 113 Å². The Morgan fingerprint density at radius 2 is 1.85 bits per heavy atom. The topological polar surface area (TPSA) is 152 Å². The molecule has 9 heteroatoms. The number of ether oxygens (including phenoxy) is 1. The number of aldehydes is 1. The number of benzene rings is 2. The fraction of sp³-hybridized carbons (Fsp3) is 0.566. The Kier molecular flexibility index (Phi) is 18.3. The second-order valence-electron chi connectivity index (χ2n) is 18.8. The van der Waals surface area contributed by atoms with Gasteiger partial charge >= 0.3 is 0 Å². The van der Waals surface area contributed by atoms with Crippen molar-refractivity contribution in [3.05, 3.63) is 130 Å². The second-order valence-corrected chi connectivity index (χ2v) is 18.8. The van der Waals surface area contributed by atoms with Crippen molar-refractivity contribution < 1.29 is 35.1 Å². The number of nitrogens with one attached hydrogen (secondary N) is 2.